The monoisotopic (exact) mass is 372 g/mol. The molecule has 0 fully saturated rings. The van der Waals surface area contributed by atoms with Crippen LogP contribution in [0.3, 0.4) is 0 Å². The van der Waals surface area contributed by atoms with Crippen molar-refractivity contribution in [2.24, 2.45) is 11.3 Å². The topological polar surface area (TPSA) is 52.9 Å². The van der Waals surface area contributed by atoms with Crippen molar-refractivity contribution >= 4 is 33.8 Å². The Labute approximate surface area is 157 Å². The zero-order valence-corrected chi connectivity index (χ0v) is 16.2. The van der Waals surface area contributed by atoms with Crippen molar-refractivity contribution in [2.45, 2.75) is 40.0 Å². The first-order valence-corrected chi connectivity index (χ1v) is 9.61. The van der Waals surface area contributed by atoms with Crippen molar-refractivity contribution in [1.29, 1.82) is 5.26 Å². The van der Waals surface area contributed by atoms with Gasteiger partial charge in [0.25, 0.3) is 5.91 Å². The van der Waals surface area contributed by atoms with Crippen molar-refractivity contribution in [3.8, 4) is 6.07 Å². The van der Waals surface area contributed by atoms with Gasteiger partial charge in [0.05, 0.1) is 16.1 Å². The number of hydrogen-bond donors (Lipinski definition) is 1. The van der Waals surface area contributed by atoms with Crippen LogP contribution < -0.4 is 5.32 Å². The van der Waals surface area contributed by atoms with Crippen LogP contribution in [0.15, 0.2) is 24.3 Å². The Morgan fingerprint density at radius 1 is 1.36 bits per heavy atom. The van der Waals surface area contributed by atoms with Crippen LogP contribution in [0.5, 0.6) is 0 Å². The Hall–Kier alpha value is -1.83. The third kappa shape index (κ3) is 3.58. The minimum Gasteiger partial charge on any atom is -0.312 e. The number of nitriles is 1. The summed E-state index contributed by atoms with van der Waals surface area (Å²) in [5, 5.41) is 13.6. The van der Waals surface area contributed by atoms with Gasteiger partial charge in [-0.25, -0.2) is 0 Å². The number of hydrogen-bond acceptors (Lipinski definition) is 3. The fourth-order valence-corrected chi connectivity index (χ4v) is 4.84. The summed E-state index contributed by atoms with van der Waals surface area (Å²) in [7, 11) is 0. The molecule has 1 N–H and O–H groups in total. The first-order chi connectivity index (χ1) is 11.8. The van der Waals surface area contributed by atoms with Gasteiger partial charge < -0.3 is 5.32 Å². The summed E-state index contributed by atoms with van der Waals surface area (Å²) in [4.78, 5) is 13.8. The summed E-state index contributed by atoms with van der Waals surface area (Å²) in [5.41, 5.74) is 2.40. The van der Waals surface area contributed by atoms with Gasteiger partial charge in [-0.2, -0.15) is 5.26 Å². The lowest BCUT2D eigenvalue weighted by atomic mass is 9.72. The molecule has 3 nitrogen and oxygen atoms in total. The molecule has 0 aliphatic heterocycles. The second kappa shape index (κ2) is 6.82. The molecule has 0 saturated heterocycles. The van der Waals surface area contributed by atoms with Gasteiger partial charge in [-0.3, -0.25) is 4.79 Å². The number of anilines is 1. The summed E-state index contributed by atoms with van der Waals surface area (Å²) in [6, 6.07) is 9.23. The van der Waals surface area contributed by atoms with E-state index in [9.17, 15) is 10.1 Å². The molecular formula is C20H21ClN2OS. The van der Waals surface area contributed by atoms with E-state index in [-0.39, 0.29) is 11.3 Å². The molecule has 1 aliphatic rings. The molecule has 1 amide bonds. The van der Waals surface area contributed by atoms with Crippen LogP contribution in [0.4, 0.5) is 5.00 Å². The van der Waals surface area contributed by atoms with E-state index in [4.69, 9.17) is 11.6 Å². The molecule has 25 heavy (non-hydrogen) atoms. The molecule has 0 spiro atoms. The average molecular weight is 373 g/mol. The summed E-state index contributed by atoms with van der Waals surface area (Å²) in [6.45, 7) is 6.80. The van der Waals surface area contributed by atoms with E-state index >= 15 is 0 Å². The van der Waals surface area contributed by atoms with E-state index in [1.807, 2.05) is 0 Å². The van der Waals surface area contributed by atoms with Crippen molar-refractivity contribution in [2.75, 3.05) is 5.32 Å². The third-order valence-electron chi connectivity index (χ3n) is 4.95. The number of rotatable bonds is 2. The maximum absolute atomic E-state index is 12.5. The predicted molar refractivity (Wildman–Crippen MR) is 103 cm³/mol. The van der Waals surface area contributed by atoms with E-state index in [0.717, 1.165) is 24.8 Å². The molecule has 0 saturated carbocycles. The number of carbonyl (C=O) groups is 1. The Morgan fingerprint density at radius 3 is 2.72 bits per heavy atom. The van der Waals surface area contributed by atoms with Gasteiger partial charge >= 0.3 is 0 Å². The Kier molecular flexibility index (Phi) is 4.90. The molecule has 1 unspecified atom stereocenters. The highest BCUT2D eigenvalue weighted by Crippen LogP contribution is 2.44. The summed E-state index contributed by atoms with van der Waals surface area (Å²) >= 11 is 7.64. The molecule has 2 aromatic rings. The van der Waals surface area contributed by atoms with Crippen molar-refractivity contribution in [3.63, 3.8) is 0 Å². The van der Waals surface area contributed by atoms with Gasteiger partial charge in [-0.1, -0.05) is 44.5 Å². The molecule has 130 valence electrons. The van der Waals surface area contributed by atoms with Crippen LogP contribution in [-0.2, 0) is 12.8 Å². The molecule has 1 aromatic heterocycles. The Balaban J connectivity index is 1.89. The van der Waals surface area contributed by atoms with E-state index in [1.165, 1.54) is 16.2 Å². The third-order valence-corrected chi connectivity index (χ3v) is 6.45. The van der Waals surface area contributed by atoms with E-state index in [1.54, 1.807) is 24.3 Å². The second-order valence-corrected chi connectivity index (χ2v) is 9.07. The first-order valence-electron chi connectivity index (χ1n) is 8.41. The quantitative estimate of drug-likeness (QED) is 0.737. The van der Waals surface area contributed by atoms with Gasteiger partial charge in [0.15, 0.2) is 0 Å². The molecule has 3 rings (SSSR count). The summed E-state index contributed by atoms with van der Waals surface area (Å²) in [6.07, 6.45) is 2.96. The fraction of sp³-hybridized carbons (Fsp3) is 0.400. The maximum atomic E-state index is 12.5. The van der Waals surface area contributed by atoms with Crippen molar-refractivity contribution < 1.29 is 4.79 Å². The smallest absolute Gasteiger partial charge is 0.257 e. The SMILES string of the molecule is CC(C)(C)C1CCc2c(sc(NC(=O)c3ccccc3Cl)c2C#N)C1. The largest absolute Gasteiger partial charge is 0.312 e. The van der Waals surface area contributed by atoms with Crippen LogP contribution in [0.1, 0.15) is 53.6 Å². The van der Waals surface area contributed by atoms with E-state index in [2.05, 4.69) is 32.2 Å². The van der Waals surface area contributed by atoms with Gasteiger partial charge in [-0.05, 0) is 48.3 Å². The molecule has 5 heteroatoms. The Morgan fingerprint density at radius 2 is 2.08 bits per heavy atom. The van der Waals surface area contributed by atoms with Gasteiger partial charge in [0.1, 0.15) is 11.1 Å². The molecule has 0 radical (unpaired) electrons. The van der Waals surface area contributed by atoms with Crippen LogP contribution in [0.25, 0.3) is 0 Å². The van der Waals surface area contributed by atoms with E-state index in [0.29, 0.717) is 27.1 Å². The minimum absolute atomic E-state index is 0.245. The van der Waals surface area contributed by atoms with Crippen LogP contribution in [-0.4, -0.2) is 5.91 Å². The number of nitrogens with one attached hydrogen (secondary N) is 1. The number of nitrogens with zero attached hydrogens (tertiary/aromatic N) is 1. The van der Waals surface area contributed by atoms with Crippen molar-refractivity contribution in [1.82, 2.24) is 0 Å². The number of halogens is 1. The summed E-state index contributed by atoms with van der Waals surface area (Å²) in [5.74, 6) is 0.324. The zero-order valence-electron chi connectivity index (χ0n) is 14.6. The highest BCUT2D eigenvalue weighted by atomic mass is 35.5. The van der Waals surface area contributed by atoms with Crippen LogP contribution in [0.2, 0.25) is 5.02 Å². The summed E-state index contributed by atoms with van der Waals surface area (Å²) < 4.78 is 0. The molecule has 0 bridgehead atoms. The highest BCUT2D eigenvalue weighted by Gasteiger charge is 2.32. The lowest BCUT2D eigenvalue weighted by Gasteiger charge is -2.33. The fourth-order valence-electron chi connectivity index (χ4n) is 3.35. The van der Waals surface area contributed by atoms with Crippen molar-refractivity contribution in [3.05, 3.63) is 50.9 Å². The zero-order chi connectivity index (χ0) is 18.2. The number of amides is 1. The number of thiophene rings is 1. The first kappa shape index (κ1) is 18.0. The lowest BCUT2D eigenvalue weighted by molar-refractivity contribution is 0.102. The van der Waals surface area contributed by atoms with Crippen LogP contribution >= 0.6 is 22.9 Å². The van der Waals surface area contributed by atoms with Gasteiger partial charge in [0.2, 0.25) is 0 Å². The number of benzene rings is 1. The van der Waals surface area contributed by atoms with E-state index < -0.39 is 0 Å². The normalized spacial score (nSPS) is 16.8. The average Bonchev–Trinajstić information content (AvgIpc) is 2.90. The van der Waals surface area contributed by atoms with Gasteiger partial charge in [-0.15, -0.1) is 11.3 Å². The standard InChI is InChI=1S/C20H21ClN2OS/c1-20(2,3)12-8-9-13-15(11-22)19(25-17(13)10-12)23-18(24)14-6-4-5-7-16(14)21/h4-7,12H,8-10H2,1-3H3,(H,23,24). The number of carbonyl (C=O) groups excluding carboxylic acids is 1. The molecule has 1 atom stereocenters. The second-order valence-electron chi connectivity index (χ2n) is 7.56. The predicted octanol–water partition coefficient (Wildman–Crippen LogP) is 5.68. The van der Waals surface area contributed by atoms with Crippen LogP contribution in [0, 0.1) is 22.7 Å². The molecule has 1 aromatic carbocycles. The van der Waals surface area contributed by atoms with Gasteiger partial charge in [0, 0.05) is 4.88 Å². The lowest BCUT2D eigenvalue weighted by Crippen LogP contribution is -2.26. The molecular weight excluding hydrogens is 352 g/mol. The Bertz CT molecular complexity index is 858. The minimum atomic E-state index is -0.270. The maximum Gasteiger partial charge on any atom is 0.257 e. The highest BCUT2D eigenvalue weighted by molar-refractivity contribution is 7.16. The number of fused-ring (bicyclic) bond motifs is 1. The molecule has 1 aliphatic carbocycles. The molecule has 1 heterocycles.